The van der Waals surface area contributed by atoms with E-state index in [0.717, 1.165) is 38.9 Å². The van der Waals surface area contributed by atoms with Gasteiger partial charge in [-0.25, -0.2) is 0 Å². The normalized spacial score (nSPS) is 18.8. The molecule has 1 saturated heterocycles. The molecule has 5 atom stereocenters. The Bertz CT molecular complexity index is 1680. The van der Waals surface area contributed by atoms with Crippen LogP contribution >= 0.6 is 0 Å². The van der Waals surface area contributed by atoms with E-state index < -0.39 is 18.4 Å². The third-order valence-electron chi connectivity index (χ3n) is 9.35. The van der Waals surface area contributed by atoms with Crippen LogP contribution in [0.2, 0.25) is 0 Å². The van der Waals surface area contributed by atoms with Crippen molar-refractivity contribution in [2.45, 2.75) is 82.8 Å². The number of likely N-dealkylation sites (N-methyl/N-ethyl adjacent to an activating group) is 1. The number of aliphatic carboxylic acids is 1. The Balaban J connectivity index is 1.30. The second-order valence-electron chi connectivity index (χ2n) is 13.1. The van der Waals surface area contributed by atoms with Crippen molar-refractivity contribution in [3.8, 4) is 11.1 Å². The molecular formula is C41H48N2O7. The molecule has 1 amide bonds. The van der Waals surface area contributed by atoms with Gasteiger partial charge in [-0.15, -0.1) is 0 Å². The summed E-state index contributed by atoms with van der Waals surface area (Å²) in [6.45, 7) is 2.96. The van der Waals surface area contributed by atoms with E-state index in [0.29, 0.717) is 38.8 Å². The molecule has 4 aromatic rings. The Morgan fingerprint density at radius 2 is 1.54 bits per heavy atom. The summed E-state index contributed by atoms with van der Waals surface area (Å²) in [5.41, 5.74) is 6.53. The zero-order valence-corrected chi connectivity index (χ0v) is 28.8. The Hall–Kier alpha value is -4.38. The number of carbonyl (C=O) groups is 2. The summed E-state index contributed by atoms with van der Waals surface area (Å²) in [5, 5.41) is 32.4. The molecular weight excluding hydrogens is 632 g/mol. The monoisotopic (exact) mass is 680 g/mol. The molecule has 1 aliphatic heterocycles. The molecule has 9 nitrogen and oxygen atoms in total. The zero-order valence-electron chi connectivity index (χ0n) is 28.8. The summed E-state index contributed by atoms with van der Waals surface area (Å²) in [7, 11) is 2.01. The van der Waals surface area contributed by atoms with Gasteiger partial charge in [0, 0.05) is 44.0 Å². The first-order valence-electron chi connectivity index (χ1n) is 17.3. The number of rotatable bonds is 16. The molecule has 0 radical (unpaired) electrons. The summed E-state index contributed by atoms with van der Waals surface area (Å²) in [6, 6.07) is 33.5. The molecule has 5 rings (SSSR count). The van der Waals surface area contributed by atoms with Crippen molar-refractivity contribution >= 4 is 11.9 Å². The fraction of sp³-hybridized carbons (Fsp3) is 0.366. The minimum absolute atomic E-state index is 0.0262. The lowest BCUT2D eigenvalue weighted by Crippen LogP contribution is -2.43. The van der Waals surface area contributed by atoms with E-state index in [4.69, 9.17) is 14.6 Å². The molecule has 0 spiro atoms. The Kier molecular flexibility index (Phi) is 13.3. The van der Waals surface area contributed by atoms with Crippen molar-refractivity contribution in [3.05, 3.63) is 131 Å². The maximum absolute atomic E-state index is 12.3. The minimum Gasteiger partial charge on any atom is -0.481 e. The van der Waals surface area contributed by atoms with Gasteiger partial charge in [0.25, 0.3) is 0 Å². The van der Waals surface area contributed by atoms with Crippen LogP contribution < -0.4 is 5.32 Å². The summed E-state index contributed by atoms with van der Waals surface area (Å²) >= 11 is 0. The molecule has 1 heterocycles. The van der Waals surface area contributed by atoms with E-state index in [1.165, 1.54) is 0 Å². The van der Waals surface area contributed by atoms with E-state index >= 15 is 0 Å². The van der Waals surface area contributed by atoms with Gasteiger partial charge in [-0.1, -0.05) is 91.0 Å². The van der Waals surface area contributed by atoms with Crippen molar-refractivity contribution in [2.75, 3.05) is 13.6 Å². The molecule has 0 aliphatic carbocycles. The van der Waals surface area contributed by atoms with Crippen LogP contribution in [0, 0.1) is 0 Å². The molecule has 0 aromatic heterocycles. The maximum atomic E-state index is 12.3. The molecule has 0 saturated carbocycles. The van der Waals surface area contributed by atoms with Crippen LogP contribution in [0.3, 0.4) is 0 Å². The smallest absolute Gasteiger partial charge is 0.303 e. The fourth-order valence-electron chi connectivity index (χ4n) is 6.27. The number of benzene rings is 4. The number of unbranched alkanes of at least 4 members (excludes halogenated alkanes) is 1. The molecule has 1 fully saturated rings. The number of aliphatic hydroxyl groups is 2. The van der Waals surface area contributed by atoms with Gasteiger partial charge < -0.3 is 30.1 Å². The quantitative estimate of drug-likeness (QED) is 0.0963. The Morgan fingerprint density at radius 1 is 0.840 bits per heavy atom. The summed E-state index contributed by atoms with van der Waals surface area (Å²) in [5.74, 6) is -0.947. The third kappa shape index (κ3) is 10.3. The average molecular weight is 681 g/mol. The van der Waals surface area contributed by atoms with Crippen molar-refractivity contribution < 1.29 is 34.4 Å². The van der Waals surface area contributed by atoms with Gasteiger partial charge >= 0.3 is 5.97 Å². The lowest BCUT2D eigenvalue weighted by Gasteiger charge is -2.39. The van der Waals surface area contributed by atoms with Gasteiger partial charge in [-0.3, -0.25) is 14.5 Å². The minimum atomic E-state index is -0.849. The second-order valence-corrected chi connectivity index (χ2v) is 13.1. The largest absolute Gasteiger partial charge is 0.481 e. The van der Waals surface area contributed by atoms with Gasteiger partial charge in [0.05, 0.1) is 24.9 Å². The number of aliphatic hydroxyl groups excluding tert-OH is 2. The fourth-order valence-corrected chi connectivity index (χ4v) is 6.27. The van der Waals surface area contributed by atoms with Crippen molar-refractivity contribution in [3.63, 3.8) is 0 Å². The topological polar surface area (TPSA) is 129 Å². The number of carboxylic acid groups (broad SMARTS) is 1. The van der Waals surface area contributed by atoms with E-state index in [9.17, 15) is 19.8 Å². The van der Waals surface area contributed by atoms with Crippen molar-refractivity contribution in [1.29, 1.82) is 0 Å². The van der Waals surface area contributed by atoms with Crippen LogP contribution in [0.25, 0.3) is 11.1 Å². The van der Waals surface area contributed by atoms with Gasteiger partial charge in [-0.2, -0.15) is 0 Å². The van der Waals surface area contributed by atoms with Crippen LogP contribution in [0.15, 0.2) is 103 Å². The van der Waals surface area contributed by atoms with Crippen LogP contribution in [0.1, 0.15) is 85.3 Å². The molecule has 0 bridgehead atoms. The molecule has 50 heavy (non-hydrogen) atoms. The number of hydrogen-bond acceptors (Lipinski definition) is 7. The van der Waals surface area contributed by atoms with Gasteiger partial charge in [0.2, 0.25) is 5.91 Å². The van der Waals surface area contributed by atoms with Crippen LogP contribution in [-0.2, 0) is 32.2 Å². The van der Waals surface area contributed by atoms with Crippen LogP contribution in [-0.4, -0.2) is 57.8 Å². The number of ether oxygens (including phenoxy) is 2. The summed E-state index contributed by atoms with van der Waals surface area (Å²) in [6.07, 6.45) is 0.294. The number of carbonyl (C=O) groups excluding carboxylic acids is 1. The van der Waals surface area contributed by atoms with Gasteiger partial charge in [-0.05, 0) is 72.3 Å². The number of hydrogen-bond donors (Lipinski definition) is 4. The molecule has 4 aromatic carbocycles. The average Bonchev–Trinajstić information content (AvgIpc) is 3.15. The predicted octanol–water partition coefficient (Wildman–Crippen LogP) is 6.71. The van der Waals surface area contributed by atoms with E-state index in [2.05, 4.69) is 22.3 Å². The van der Waals surface area contributed by atoms with Gasteiger partial charge in [0.15, 0.2) is 6.29 Å². The molecule has 5 unspecified atom stereocenters. The number of nitrogens with zero attached hydrogens (tertiary/aromatic N) is 1. The summed E-state index contributed by atoms with van der Waals surface area (Å²) < 4.78 is 13.3. The zero-order chi connectivity index (χ0) is 35.5. The molecule has 4 N–H and O–H groups in total. The Morgan fingerprint density at radius 3 is 2.26 bits per heavy atom. The first-order chi connectivity index (χ1) is 24.2. The molecule has 264 valence electrons. The highest BCUT2D eigenvalue weighted by Crippen LogP contribution is 2.39. The highest BCUT2D eigenvalue weighted by molar-refractivity contribution is 5.76. The number of carboxylic acids is 1. The van der Waals surface area contributed by atoms with E-state index in [1.807, 2.05) is 105 Å². The summed E-state index contributed by atoms with van der Waals surface area (Å²) in [4.78, 5) is 25.2. The lowest BCUT2D eigenvalue weighted by atomic mass is 9.97. The van der Waals surface area contributed by atoms with Gasteiger partial charge in [0.1, 0.15) is 0 Å². The highest BCUT2D eigenvalue weighted by Gasteiger charge is 2.34. The first kappa shape index (κ1) is 36.9. The number of nitrogens with one attached hydrogen (secondary N) is 1. The van der Waals surface area contributed by atoms with E-state index in [1.54, 1.807) is 0 Å². The van der Waals surface area contributed by atoms with Crippen LogP contribution in [0.4, 0.5) is 0 Å². The van der Waals surface area contributed by atoms with Crippen molar-refractivity contribution in [1.82, 2.24) is 10.2 Å². The first-order valence-corrected chi connectivity index (χ1v) is 17.3. The standard InChI is InChI=1S/C41H48N2O7/c1-28(40(48)32-11-4-3-5-12-32)43(2)26-36-24-37(31-20-18-29(27-44)19-21-31)50-41(49-36)35-15-9-14-34(23-35)33-13-8-10-30(22-33)25-42-38(45)16-6-7-17-39(46)47/h3-5,8-15,18-23,28,36-37,40-41,44,48H,6-7,16-17,24-27H2,1-2H3,(H,42,45)(H,46,47). The SMILES string of the molecule is CC(C(O)c1ccccc1)N(C)CC1CC(c2ccc(CO)cc2)OC(c2cccc(-c3cccc(CNC(=O)CCCCC(=O)O)c3)c2)O1. The third-order valence-corrected chi connectivity index (χ3v) is 9.35. The number of amides is 1. The predicted molar refractivity (Wildman–Crippen MR) is 192 cm³/mol. The van der Waals surface area contributed by atoms with E-state index in [-0.39, 0.29) is 37.2 Å². The molecule has 9 heteroatoms. The highest BCUT2D eigenvalue weighted by atomic mass is 16.7. The maximum Gasteiger partial charge on any atom is 0.303 e. The Labute approximate surface area is 294 Å². The van der Waals surface area contributed by atoms with Crippen molar-refractivity contribution in [2.24, 2.45) is 0 Å². The second kappa shape index (κ2) is 18.0. The van der Waals surface area contributed by atoms with Crippen LogP contribution in [0.5, 0.6) is 0 Å². The lowest BCUT2D eigenvalue weighted by molar-refractivity contribution is -0.253. The molecule has 1 aliphatic rings.